The van der Waals surface area contributed by atoms with Gasteiger partial charge in [-0.1, -0.05) is 12.1 Å². The molecule has 0 radical (unpaired) electrons. The van der Waals surface area contributed by atoms with Gasteiger partial charge in [0.15, 0.2) is 6.19 Å². The number of ether oxygens (including phenoxy) is 1. The molecule has 1 aliphatic rings. The van der Waals surface area contributed by atoms with E-state index in [9.17, 15) is 10.1 Å². The van der Waals surface area contributed by atoms with E-state index >= 15 is 0 Å². The summed E-state index contributed by atoms with van der Waals surface area (Å²) >= 11 is 0. The van der Waals surface area contributed by atoms with Crippen molar-refractivity contribution in [2.75, 3.05) is 16.8 Å². The van der Waals surface area contributed by atoms with Crippen molar-refractivity contribution < 1.29 is 13.9 Å². The molecule has 31 heavy (non-hydrogen) atoms. The number of aliphatic imine (C=N–C) groups is 1. The van der Waals surface area contributed by atoms with Crippen LogP contribution in [-0.4, -0.2) is 16.9 Å². The first-order chi connectivity index (χ1) is 15.0. The number of benzene rings is 1. The molecular formula is C20H14N8O3. The number of esters is 1. The number of guanidine groups is 1. The van der Waals surface area contributed by atoms with Gasteiger partial charge < -0.3 is 25.9 Å². The summed E-state index contributed by atoms with van der Waals surface area (Å²) in [5.41, 5.74) is 13.3. The van der Waals surface area contributed by atoms with Gasteiger partial charge in [0.05, 0.1) is 12.0 Å². The Kier molecular flexibility index (Phi) is 4.84. The highest BCUT2D eigenvalue weighted by Gasteiger charge is 2.29. The second-order valence-corrected chi connectivity index (χ2v) is 6.34. The van der Waals surface area contributed by atoms with E-state index in [0.29, 0.717) is 16.9 Å². The van der Waals surface area contributed by atoms with E-state index in [1.807, 2.05) is 6.07 Å². The van der Waals surface area contributed by atoms with Crippen LogP contribution in [0.15, 0.2) is 52.1 Å². The van der Waals surface area contributed by atoms with E-state index in [2.05, 4.69) is 20.6 Å². The Morgan fingerprint density at radius 1 is 1.23 bits per heavy atom. The van der Waals surface area contributed by atoms with Gasteiger partial charge >= 0.3 is 5.97 Å². The Balaban J connectivity index is 1.71. The second kappa shape index (κ2) is 7.77. The fourth-order valence-corrected chi connectivity index (χ4v) is 3.09. The van der Waals surface area contributed by atoms with Crippen LogP contribution < -0.4 is 26.8 Å². The lowest BCUT2D eigenvalue weighted by molar-refractivity contribution is 0.0701. The molecule has 1 unspecified atom stereocenters. The topological polar surface area (TPSA) is 188 Å². The van der Waals surface area contributed by atoms with Crippen molar-refractivity contribution in [3.8, 4) is 18.0 Å². The third-order valence-corrected chi connectivity index (χ3v) is 4.49. The normalized spacial score (nSPS) is 14.3. The van der Waals surface area contributed by atoms with Crippen molar-refractivity contribution in [3.63, 3.8) is 0 Å². The number of hydrogen-bond acceptors (Lipinski definition) is 11. The summed E-state index contributed by atoms with van der Waals surface area (Å²) in [4.78, 5) is 20.7. The van der Waals surface area contributed by atoms with Crippen molar-refractivity contribution in [2.45, 2.75) is 6.04 Å². The van der Waals surface area contributed by atoms with Crippen LogP contribution in [0.2, 0.25) is 0 Å². The zero-order valence-corrected chi connectivity index (χ0v) is 15.8. The number of nitrogens with one attached hydrogen (secondary N) is 2. The molecule has 2 aromatic heterocycles. The summed E-state index contributed by atoms with van der Waals surface area (Å²) in [5, 5.41) is 23.6. The predicted octanol–water partition coefficient (Wildman–Crippen LogP) is 1.87. The first-order valence-corrected chi connectivity index (χ1v) is 8.86. The highest BCUT2D eigenvalue weighted by molar-refractivity contribution is 5.98. The van der Waals surface area contributed by atoms with Crippen LogP contribution in [0.5, 0.6) is 5.75 Å². The Labute approximate surface area is 175 Å². The van der Waals surface area contributed by atoms with Crippen molar-refractivity contribution >= 4 is 29.3 Å². The number of nitriles is 2. The SMILES string of the molecule is N#CNC1=NC(c2ccc(OC(=O)c3ccco3)cc2)c2c(nc(N)c(C#N)c2N)N1. The number of nitrogens with two attached hydrogens (primary N) is 2. The summed E-state index contributed by atoms with van der Waals surface area (Å²) in [6, 6.07) is 10.9. The fraction of sp³-hybridized carbons (Fsp3) is 0.0500. The minimum absolute atomic E-state index is 0.0385. The lowest BCUT2D eigenvalue weighted by Crippen LogP contribution is -2.32. The third-order valence-electron chi connectivity index (χ3n) is 4.49. The van der Waals surface area contributed by atoms with Crippen molar-refractivity contribution in [1.29, 1.82) is 10.5 Å². The van der Waals surface area contributed by atoms with Gasteiger partial charge in [-0.3, -0.25) is 5.32 Å². The standard InChI is InChI=1S/C20H14N8O3/c21-8-12-15(23)14-16(26-20(25-9-22)28-18(14)27-17(12)24)10-3-5-11(6-4-10)31-19(29)13-2-1-7-30-13/h1-7,16H,(H6,23,24,25,26,27,28). The van der Waals surface area contributed by atoms with E-state index in [1.165, 1.54) is 12.3 Å². The second-order valence-electron chi connectivity index (χ2n) is 6.34. The van der Waals surface area contributed by atoms with Gasteiger partial charge in [-0.25, -0.2) is 14.8 Å². The first-order valence-electron chi connectivity index (χ1n) is 8.86. The number of furan rings is 1. The number of carbonyl (C=O) groups is 1. The maximum Gasteiger partial charge on any atom is 0.379 e. The number of hydrogen-bond donors (Lipinski definition) is 4. The number of pyridine rings is 1. The molecule has 3 heterocycles. The molecule has 0 amide bonds. The highest BCUT2D eigenvalue weighted by Crippen LogP contribution is 2.40. The van der Waals surface area contributed by atoms with E-state index in [4.69, 9.17) is 25.9 Å². The number of nitrogen functional groups attached to an aromatic ring is 2. The van der Waals surface area contributed by atoms with E-state index in [1.54, 1.807) is 36.5 Å². The molecule has 0 bridgehead atoms. The number of fused-ring (bicyclic) bond motifs is 1. The molecule has 1 atom stereocenters. The third kappa shape index (κ3) is 3.54. The summed E-state index contributed by atoms with van der Waals surface area (Å²) < 4.78 is 10.3. The Morgan fingerprint density at radius 2 is 2.00 bits per heavy atom. The van der Waals surface area contributed by atoms with Gasteiger partial charge in [0, 0.05) is 5.56 Å². The largest absolute Gasteiger partial charge is 0.457 e. The molecule has 0 aliphatic carbocycles. The lowest BCUT2D eigenvalue weighted by atomic mass is 9.95. The van der Waals surface area contributed by atoms with Crippen molar-refractivity contribution in [3.05, 3.63) is 65.1 Å². The van der Waals surface area contributed by atoms with Crippen LogP contribution >= 0.6 is 0 Å². The van der Waals surface area contributed by atoms with Gasteiger partial charge in [-0.2, -0.15) is 10.5 Å². The maximum absolute atomic E-state index is 12.0. The Morgan fingerprint density at radius 3 is 2.65 bits per heavy atom. The molecule has 11 nitrogen and oxygen atoms in total. The molecule has 1 aromatic carbocycles. The molecule has 3 aromatic rings. The number of nitrogens with zero attached hydrogens (tertiary/aromatic N) is 4. The van der Waals surface area contributed by atoms with E-state index in [-0.39, 0.29) is 34.6 Å². The molecule has 1 aliphatic heterocycles. The molecular weight excluding hydrogens is 400 g/mol. The van der Waals surface area contributed by atoms with Crippen LogP contribution in [0.25, 0.3) is 0 Å². The first kappa shape index (κ1) is 19.3. The number of carbonyl (C=O) groups excluding carboxylic acids is 1. The smallest absolute Gasteiger partial charge is 0.379 e. The lowest BCUT2D eigenvalue weighted by Gasteiger charge is -2.26. The summed E-state index contributed by atoms with van der Waals surface area (Å²) in [6.07, 6.45) is 3.16. The van der Waals surface area contributed by atoms with Crippen LogP contribution in [0.1, 0.15) is 33.3 Å². The van der Waals surface area contributed by atoms with Gasteiger partial charge in [-0.05, 0) is 29.8 Å². The summed E-state index contributed by atoms with van der Waals surface area (Å²) in [7, 11) is 0. The Bertz CT molecular complexity index is 1270. The number of rotatable bonds is 3. The van der Waals surface area contributed by atoms with E-state index < -0.39 is 12.0 Å². The van der Waals surface area contributed by atoms with Crippen LogP contribution in [0, 0.1) is 22.8 Å². The predicted molar refractivity (Wildman–Crippen MR) is 110 cm³/mol. The van der Waals surface area contributed by atoms with Crippen LogP contribution in [0.4, 0.5) is 17.3 Å². The van der Waals surface area contributed by atoms with E-state index in [0.717, 1.165) is 0 Å². The molecule has 0 saturated heterocycles. The average Bonchev–Trinajstić information content (AvgIpc) is 3.29. The number of aromatic nitrogens is 1. The highest BCUT2D eigenvalue weighted by atomic mass is 16.5. The summed E-state index contributed by atoms with van der Waals surface area (Å²) in [5.74, 6) is 0.118. The molecule has 152 valence electrons. The zero-order chi connectivity index (χ0) is 22.0. The fourth-order valence-electron chi connectivity index (χ4n) is 3.09. The van der Waals surface area contributed by atoms with Crippen LogP contribution in [-0.2, 0) is 0 Å². The molecule has 6 N–H and O–H groups in total. The monoisotopic (exact) mass is 414 g/mol. The molecule has 0 spiro atoms. The quantitative estimate of drug-likeness (QED) is 0.213. The summed E-state index contributed by atoms with van der Waals surface area (Å²) in [6.45, 7) is 0. The molecule has 0 fully saturated rings. The van der Waals surface area contributed by atoms with Gasteiger partial charge in [0.1, 0.15) is 35.1 Å². The molecule has 4 rings (SSSR count). The van der Waals surface area contributed by atoms with Crippen molar-refractivity contribution in [2.24, 2.45) is 4.99 Å². The minimum Gasteiger partial charge on any atom is -0.457 e. The number of anilines is 3. The zero-order valence-electron chi connectivity index (χ0n) is 15.8. The minimum atomic E-state index is -0.692. The molecule has 11 heteroatoms. The van der Waals surface area contributed by atoms with Gasteiger partial charge in [0.2, 0.25) is 11.7 Å². The van der Waals surface area contributed by atoms with Gasteiger partial charge in [0.25, 0.3) is 0 Å². The van der Waals surface area contributed by atoms with Crippen molar-refractivity contribution in [1.82, 2.24) is 10.3 Å². The maximum atomic E-state index is 12.0. The average molecular weight is 414 g/mol. The van der Waals surface area contributed by atoms with Gasteiger partial charge in [-0.15, -0.1) is 0 Å². The Hall–Kier alpha value is -5.03. The van der Waals surface area contributed by atoms with Crippen LogP contribution in [0.3, 0.4) is 0 Å². The molecule has 0 saturated carbocycles.